The monoisotopic (exact) mass is 420 g/mol. The first-order valence-electron chi connectivity index (χ1n) is 9.03. The van der Waals surface area contributed by atoms with Gasteiger partial charge in [0.15, 0.2) is 11.7 Å². The largest absolute Gasteiger partial charge is 0.573 e. The molecule has 3 aromatic rings. The molecule has 1 aromatic heterocycles. The minimum absolute atomic E-state index is 0.0743. The van der Waals surface area contributed by atoms with Crippen LogP contribution in [0.3, 0.4) is 0 Å². The van der Waals surface area contributed by atoms with Crippen molar-refractivity contribution < 1.29 is 31.9 Å². The molecule has 9 heteroatoms. The van der Waals surface area contributed by atoms with Gasteiger partial charge in [0.2, 0.25) is 5.91 Å². The number of hydrogen-bond acceptors (Lipinski definition) is 5. The molecule has 0 spiro atoms. The molecular formula is C21H19F3N2O4. The zero-order valence-electron chi connectivity index (χ0n) is 16.0. The van der Waals surface area contributed by atoms with Crippen molar-refractivity contribution in [1.29, 1.82) is 0 Å². The van der Waals surface area contributed by atoms with E-state index >= 15 is 0 Å². The van der Waals surface area contributed by atoms with E-state index in [0.29, 0.717) is 11.7 Å². The summed E-state index contributed by atoms with van der Waals surface area (Å²) in [6.45, 7) is -0.0895. The van der Waals surface area contributed by atoms with E-state index in [1.807, 2.05) is 12.1 Å². The summed E-state index contributed by atoms with van der Waals surface area (Å²) in [7, 11) is 1.58. The number of hydrogen-bond donors (Lipinski definition) is 1. The minimum Gasteiger partial charge on any atom is -0.497 e. The van der Waals surface area contributed by atoms with E-state index in [0.717, 1.165) is 11.3 Å². The Bertz CT molecular complexity index is 984. The van der Waals surface area contributed by atoms with Crippen LogP contribution >= 0.6 is 0 Å². The normalized spacial score (nSPS) is 11.2. The van der Waals surface area contributed by atoms with Crippen LogP contribution in [0.15, 0.2) is 59.1 Å². The van der Waals surface area contributed by atoms with Gasteiger partial charge in [0.1, 0.15) is 11.5 Å². The van der Waals surface area contributed by atoms with Crippen LogP contribution < -0.4 is 14.8 Å². The molecule has 0 radical (unpaired) electrons. The molecule has 1 heterocycles. The number of nitrogens with zero attached hydrogens (tertiary/aromatic N) is 1. The number of benzene rings is 2. The fraction of sp³-hybridized carbons (Fsp3) is 0.238. The van der Waals surface area contributed by atoms with Crippen LogP contribution in [0.2, 0.25) is 0 Å². The van der Waals surface area contributed by atoms with Crippen molar-refractivity contribution in [3.05, 3.63) is 66.2 Å². The Kier molecular flexibility index (Phi) is 6.61. The smallest absolute Gasteiger partial charge is 0.497 e. The van der Waals surface area contributed by atoms with Gasteiger partial charge in [0.05, 0.1) is 13.3 Å². The third kappa shape index (κ3) is 6.00. The number of carbonyl (C=O) groups excluding carboxylic acids is 1. The molecule has 3 rings (SSSR count). The van der Waals surface area contributed by atoms with Gasteiger partial charge in [-0.25, -0.2) is 4.98 Å². The summed E-state index contributed by atoms with van der Waals surface area (Å²) in [6, 6.07) is 12.9. The van der Waals surface area contributed by atoms with Crippen molar-refractivity contribution in [3.8, 4) is 22.8 Å². The van der Waals surface area contributed by atoms with Crippen LogP contribution in [0.4, 0.5) is 13.2 Å². The quantitative estimate of drug-likeness (QED) is 0.581. The molecule has 2 aromatic carbocycles. The van der Waals surface area contributed by atoms with Gasteiger partial charge in [-0.1, -0.05) is 18.2 Å². The number of amides is 1. The van der Waals surface area contributed by atoms with Gasteiger partial charge in [-0.05, 0) is 30.3 Å². The Hall–Kier alpha value is -3.49. The lowest BCUT2D eigenvalue weighted by atomic mass is 10.2. The van der Waals surface area contributed by atoms with E-state index in [4.69, 9.17) is 9.15 Å². The summed E-state index contributed by atoms with van der Waals surface area (Å²) in [5.41, 5.74) is 1.04. The summed E-state index contributed by atoms with van der Waals surface area (Å²) in [5.74, 6) is 0.976. The number of aromatic nitrogens is 1. The lowest BCUT2D eigenvalue weighted by Crippen LogP contribution is -2.24. The van der Waals surface area contributed by atoms with Crippen LogP contribution in [0.5, 0.6) is 11.5 Å². The van der Waals surface area contributed by atoms with Gasteiger partial charge in [-0.2, -0.15) is 0 Å². The highest BCUT2D eigenvalue weighted by Crippen LogP contribution is 2.26. The molecule has 0 aliphatic heterocycles. The van der Waals surface area contributed by atoms with Crippen molar-refractivity contribution in [3.63, 3.8) is 0 Å². The number of rotatable bonds is 8. The molecule has 0 aliphatic rings. The minimum atomic E-state index is -4.80. The lowest BCUT2D eigenvalue weighted by molar-refractivity contribution is -0.274. The number of halogens is 3. The summed E-state index contributed by atoms with van der Waals surface area (Å²) in [4.78, 5) is 16.2. The van der Waals surface area contributed by atoms with Gasteiger partial charge < -0.3 is 19.2 Å². The Labute approximate surface area is 170 Å². The van der Waals surface area contributed by atoms with Gasteiger partial charge in [0.25, 0.3) is 0 Å². The number of carbonyl (C=O) groups is 1. The maximum absolute atomic E-state index is 12.5. The first kappa shape index (κ1) is 21.2. The summed E-state index contributed by atoms with van der Waals surface area (Å²) < 4.78 is 52.1. The molecule has 1 amide bonds. The molecule has 0 atom stereocenters. The number of oxazole rings is 1. The van der Waals surface area contributed by atoms with E-state index < -0.39 is 6.36 Å². The number of ether oxygens (including phenoxy) is 2. The SMILES string of the molecule is COc1ccc(-c2cnc(CCC(=O)NCc3ccccc3OC(F)(F)F)o2)cc1. The summed E-state index contributed by atoms with van der Waals surface area (Å²) >= 11 is 0. The number of methoxy groups -OCH3 is 1. The molecular weight excluding hydrogens is 401 g/mol. The second-order valence-electron chi connectivity index (χ2n) is 6.28. The van der Waals surface area contributed by atoms with Crippen molar-refractivity contribution in [2.75, 3.05) is 7.11 Å². The van der Waals surface area contributed by atoms with Crippen LogP contribution in [-0.2, 0) is 17.8 Å². The van der Waals surface area contributed by atoms with Gasteiger partial charge in [-0.15, -0.1) is 13.2 Å². The topological polar surface area (TPSA) is 73.6 Å². The molecule has 30 heavy (non-hydrogen) atoms. The standard InChI is InChI=1S/C21H19F3N2O4/c1-28-16-8-6-14(7-9-16)18-13-26-20(29-18)11-10-19(27)25-12-15-4-2-3-5-17(15)30-21(22,23)24/h2-9,13H,10-12H2,1H3,(H,25,27). The van der Waals surface area contributed by atoms with E-state index in [1.54, 1.807) is 31.5 Å². The second kappa shape index (κ2) is 9.34. The number of alkyl halides is 3. The first-order valence-corrected chi connectivity index (χ1v) is 9.03. The second-order valence-corrected chi connectivity index (χ2v) is 6.28. The van der Waals surface area contributed by atoms with E-state index in [1.165, 1.54) is 18.2 Å². The highest BCUT2D eigenvalue weighted by Gasteiger charge is 2.31. The third-order valence-corrected chi connectivity index (χ3v) is 4.17. The predicted molar refractivity (Wildman–Crippen MR) is 102 cm³/mol. The van der Waals surface area contributed by atoms with Crippen LogP contribution in [-0.4, -0.2) is 24.4 Å². The lowest BCUT2D eigenvalue weighted by Gasteiger charge is -2.13. The Morgan fingerprint density at radius 1 is 1.13 bits per heavy atom. The number of para-hydroxylation sites is 1. The van der Waals surface area contributed by atoms with Crippen LogP contribution in [0.1, 0.15) is 17.9 Å². The number of aryl methyl sites for hydroxylation is 1. The molecule has 0 saturated carbocycles. The van der Waals surface area contributed by atoms with Gasteiger partial charge in [0, 0.05) is 30.5 Å². The van der Waals surface area contributed by atoms with Crippen LogP contribution in [0, 0.1) is 0 Å². The molecule has 0 fully saturated rings. The fourth-order valence-electron chi connectivity index (χ4n) is 2.69. The third-order valence-electron chi connectivity index (χ3n) is 4.17. The maximum atomic E-state index is 12.5. The van der Waals surface area contributed by atoms with E-state index in [2.05, 4.69) is 15.0 Å². The Morgan fingerprint density at radius 2 is 1.87 bits per heavy atom. The van der Waals surface area contributed by atoms with Crippen LogP contribution in [0.25, 0.3) is 11.3 Å². The predicted octanol–water partition coefficient (Wildman–Crippen LogP) is 4.50. The van der Waals surface area contributed by atoms with Crippen molar-refractivity contribution in [2.24, 2.45) is 0 Å². The molecule has 0 unspecified atom stereocenters. The van der Waals surface area contributed by atoms with Crippen molar-refractivity contribution in [1.82, 2.24) is 10.3 Å². The summed E-state index contributed by atoms with van der Waals surface area (Å²) in [6.07, 6.45) is -2.90. The van der Waals surface area contributed by atoms with Crippen molar-refractivity contribution in [2.45, 2.75) is 25.7 Å². The van der Waals surface area contributed by atoms with Crippen molar-refractivity contribution >= 4 is 5.91 Å². The molecule has 0 saturated heterocycles. The number of nitrogens with one attached hydrogen (secondary N) is 1. The Morgan fingerprint density at radius 3 is 2.57 bits per heavy atom. The zero-order valence-corrected chi connectivity index (χ0v) is 16.0. The average molecular weight is 420 g/mol. The highest BCUT2D eigenvalue weighted by atomic mass is 19.4. The molecule has 0 aliphatic carbocycles. The summed E-state index contributed by atoms with van der Waals surface area (Å²) in [5, 5.41) is 2.58. The zero-order chi connectivity index (χ0) is 21.6. The molecule has 6 nitrogen and oxygen atoms in total. The fourth-order valence-corrected chi connectivity index (χ4v) is 2.69. The highest BCUT2D eigenvalue weighted by molar-refractivity contribution is 5.76. The molecule has 158 valence electrons. The van der Waals surface area contributed by atoms with Gasteiger partial charge >= 0.3 is 6.36 Å². The molecule has 0 bridgehead atoms. The maximum Gasteiger partial charge on any atom is 0.573 e. The molecule has 1 N–H and O–H groups in total. The average Bonchev–Trinajstić information content (AvgIpc) is 3.19. The van der Waals surface area contributed by atoms with Gasteiger partial charge in [-0.3, -0.25) is 4.79 Å². The van der Waals surface area contributed by atoms with E-state index in [9.17, 15) is 18.0 Å². The Balaban J connectivity index is 1.51. The van der Waals surface area contributed by atoms with E-state index in [-0.39, 0.29) is 36.6 Å². The first-order chi connectivity index (χ1) is 14.3.